The van der Waals surface area contributed by atoms with Crippen LogP contribution in [0, 0.1) is 5.92 Å². The molecule has 0 bridgehead atoms. The minimum absolute atomic E-state index is 0.334. The molecule has 2 atom stereocenters. The van der Waals surface area contributed by atoms with Crippen molar-refractivity contribution in [2.45, 2.75) is 38.6 Å². The summed E-state index contributed by atoms with van der Waals surface area (Å²) in [6.07, 6.45) is 5.42. The van der Waals surface area contributed by atoms with E-state index >= 15 is 0 Å². The highest BCUT2D eigenvalue weighted by molar-refractivity contribution is 4.84. The van der Waals surface area contributed by atoms with Crippen LogP contribution in [0.15, 0.2) is 0 Å². The fourth-order valence-corrected chi connectivity index (χ4v) is 3.11. The molecule has 0 spiro atoms. The van der Waals surface area contributed by atoms with E-state index in [2.05, 4.69) is 16.7 Å². The first-order chi connectivity index (χ1) is 7.81. The van der Waals surface area contributed by atoms with Crippen molar-refractivity contribution in [2.75, 3.05) is 39.3 Å². The maximum atomic E-state index is 9.39. The number of nitrogens with zero attached hydrogens (tertiary/aromatic N) is 2. The third kappa shape index (κ3) is 2.96. The molecule has 2 aliphatic heterocycles. The van der Waals surface area contributed by atoms with E-state index in [0.29, 0.717) is 18.6 Å². The van der Waals surface area contributed by atoms with Crippen molar-refractivity contribution in [3.63, 3.8) is 0 Å². The zero-order valence-corrected chi connectivity index (χ0v) is 10.6. The molecule has 1 N–H and O–H groups in total. The van der Waals surface area contributed by atoms with Gasteiger partial charge in [-0.25, -0.2) is 0 Å². The largest absolute Gasteiger partial charge is 0.395 e. The van der Waals surface area contributed by atoms with Gasteiger partial charge in [-0.2, -0.15) is 0 Å². The summed E-state index contributed by atoms with van der Waals surface area (Å²) in [6.45, 7) is 8.70. The van der Waals surface area contributed by atoms with E-state index < -0.39 is 0 Å². The Kier molecular flexibility index (Phi) is 4.62. The average molecular weight is 226 g/mol. The lowest BCUT2D eigenvalue weighted by Gasteiger charge is -2.31. The molecule has 94 valence electrons. The summed E-state index contributed by atoms with van der Waals surface area (Å²) < 4.78 is 0. The lowest BCUT2D eigenvalue weighted by atomic mass is 10.0. The van der Waals surface area contributed by atoms with Gasteiger partial charge in [0.25, 0.3) is 0 Å². The first-order valence-electron chi connectivity index (χ1n) is 6.88. The minimum atomic E-state index is 0.334. The van der Waals surface area contributed by atoms with Crippen LogP contribution in [0.5, 0.6) is 0 Å². The number of hydrogen-bond acceptors (Lipinski definition) is 3. The lowest BCUT2D eigenvalue weighted by molar-refractivity contribution is 0.119. The third-order valence-corrected chi connectivity index (χ3v) is 4.34. The Morgan fingerprint density at radius 1 is 1.06 bits per heavy atom. The molecule has 0 amide bonds. The Labute approximate surface area is 99.4 Å². The van der Waals surface area contributed by atoms with Gasteiger partial charge in [-0.3, -0.25) is 4.90 Å². The van der Waals surface area contributed by atoms with Crippen molar-refractivity contribution >= 4 is 0 Å². The molecule has 0 aromatic carbocycles. The highest BCUT2D eigenvalue weighted by Gasteiger charge is 2.30. The van der Waals surface area contributed by atoms with Crippen LogP contribution in [-0.4, -0.2) is 60.3 Å². The van der Waals surface area contributed by atoms with Gasteiger partial charge >= 0.3 is 0 Å². The Bertz CT molecular complexity index is 204. The summed E-state index contributed by atoms with van der Waals surface area (Å²) in [7, 11) is 0. The molecule has 2 saturated heterocycles. The summed E-state index contributed by atoms with van der Waals surface area (Å²) in [5.41, 5.74) is 0. The zero-order valence-electron chi connectivity index (χ0n) is 10.6. The summed E-state index contributed by atoms with van der Waals surface area (Å²) in [4.78, 5) is 5.07. The van der Waals surface area contributed by atoms with Crippen molar-refractivity contribution < 1.29 is 5.11 Å². The van der Waals surface area contributed by atoms with Crippen molar-refractivity contribution in [1.82, 2.24) is 9.80 Å². The van der Waals surface area contributed by atoms with E-state index in [1.54, 1.807) is 0 Å². The quantitative estimate of drug-likeness (QED) is 0.779. The molecule has 2 heterocycles. The van der Waals surface area contributed by atoms with E-state index in [0.717, 1.165) is 6.54 Å². The maximum Gasteiger partial charge on any atom is 0.0589 e. The van der Waals surface area contributed by atoms with E-state index in [-0.39, 0.29) is 0 Å². The fourth-order valence-electron chi connectivity index (χ4n) is 3.11. The predicted octanol–water partition coefficient (Wildman–Crippen LogP) is 1.18. The van der Waals surface area contributed by atoms with E-state index in [1.807, 2.05) is 0 Å². The van der Waals surface area contributed by atoms with E-state index in [1.165, 1.54) is 51.9 Å². The normalized spacial score (nSPS) is 33.4. The number of hydrogen-bond donors (Lipinski definition) is 1. The highest BCUT2D eigenvalue weighted by atomic mass is 16.3. The van der Waals surface area contributed by atoms with Crippen molar-refractivity contribution in [2.24, 2.45) is 5.92 Å². The van der Waals surface area contributed by atoms with Gasteiger partial charge in [-0.1, -0.05) is 13.3 Å². The Morgan fingerprint density at radius 3 is 2.50 bits per heavy atom. The van der Waals surface area contributed by atoms with Crippen molar-refractivity contribution in [3.8, 4) is 0 Å². The van der Waals surface area contributed by atoms with Gasteiger partial charge in [0.1, 0.15) is 0 Å². The topological polar surface area (TPSA) is 26.7 Å². The van der Waals surface area contributed by atoms with Gasteiger partial charge in [0.2, 0.25) is 0 Å². The van der Waals surface area contributed by atoms with Gasteiger partial charge in [-0.15, -0.1) is 0 Å². The van der Waals surface area contributed by atoms with Crippen molar-refractivity contribution in [3.05, 3.63) is 0 Å². The summed E-state index contributed by atoms with van der Waals surface area (Å²) in [5, 5.41) is 9.39. The van der Waals surface area contributed by atoms with Crippen LogP contribution in [0.2, 0.25) is 0 Å². The molecule has 0 aromatic rings. The third-order valence-electron chi connectivity index (χ3n) is 4.34. The molecule has 3 heteroatoms. The number of aliphatic hydroxyl groups is 1. The maximum absolute atomic E-state index is 9.39. The lowest BCUT2D eigenvalue weighted by Crippen LogP contribution is -2.42. The standard InChI is InChI=1S/C13H26N2O/c1-12-5-8-15(13(12)11-16)10-9-14-6-3-2-4-7-14/h12-13,16H,2-11H2,1H3. The van der Waals surface area contributed by atoms with Gasteiger partial charge in [0.15, 0.2) is 0 Å². The fraction of sp³-hybridized carbons (Fsp3) is 1.00. The summed E-state index contributed by atoms with van der Waals surface area (Å²) in [6, 6.07) is 0.421. The molecule has 2 rings (SSSR count). The van der Waals surface area contributed by atoms with Crippen LogP contribution in [0.3, 0.4) is 0 Å². The van der Waals surface area contributed by atoms with Crippen molar-refractivity contribution in [1.29, 1.82) is 0 Å². The number of aliphatic hydroxyl groups excluding tert-OH is 1. The summed E-state index contributed by atoms with van der Waals surface area (Å²) >= 11 is 0. The van der Waals surface area contributed by atoms with E-state index in [4.69, 9.17) is 0 Å². The van der Waals surface area contributed by atoms with Crippen LogP contribution in [0.4, 0.5) is 0 Å². The van der Waals surface area contributed by atoms with Gasteiger partial charge < -0.3 is 10.0 Å². The van der Waals surface area contributed by atoms with E-state index in [9.17, 15) is 5.11 Å². The molecule has 0 aliphatic carbocycles. The monoisotopic (exact) mass is 226 g/mol. The molecular formula is C13H26N2O. The Hall–Kier alpha value is -0.120. The molecule has 3 nitrogen and oxygen atoms in total. The highest BCUT2D eigenvalue weighted by Crippen LogP contribution is 2.23. The van der Waals surface area contributed by atoms with Gasteiger partial charge in [0, 0.05) is 19.1 Å². The van der Waals surface area contributed by atoms with Crippen LogP contribution in [-0.2, 0) is 0 Å². The molecule has 2 aliphatic rings. The Balaban J connectivity index is 1.72. The first kappa shape index (κ1) is 12.3. The molecule has 2 unspecified atom stereocenters. The second-order valence-corrected chi connectivity index (χ2v) is 5.45. The van der Waals surface area contributed by atoms with Crippen LogP contribution in [0.25, 0.3) is 0 Å². The average Bonchev–Trinajstić information content (AvgIpc) is 2.68. The first-order valence-corrected chi connectivity index (χ1v) is 6.88. The van der Waals surface area contributed by atoms with Gasteiger partial charge in [-0.05, 0) is 44.8 Å². The zero-order chi connectivity index (χ0) is 11.4. The predicted molar refractivity (Wildman–Crippen MR) is 66.5 cm³/mol. The van der Waals surface area contributed by atoms with Gasteiger partial charge in [0.05, 0.1) is 6.61 Å². The smallest absolute Gasteiger partial charge is 0.0589 e. The molecule has 16 heavy (non-hydrogen) atoms. The second kappa shape index (κ2) is 5.99. The van der Waals surface area contributed by atoms with Crippen LogP contribution < -0.4 is 0 Å². The SMILES string of the molecule is CC1CCN(CCN2CCCCC2)C1CO. The van der Waals surface area contributed by atoms with Crippen LogP contribution >= 0.6 is 0 Å². The molecule has 2 fully saturated rings. The molecular weight excluding hydrogens is 200 g/mol. The molecule has 0 radical (unpaired) electrons. The minimum Gasteiger partial charge on any atom is -0.395 e. The molecule has 0 saturated carbocycles. The summed E-state index contributed by atoms with van der Waals surface area (Å²) in [5.74, 6) is 0.673. The number of piperidine rings is 1. The molecule has 0 aromatic heterocycles. The Morgan fingerprint density at radius 2 is 1.81 bits per heavy atom. The van der Waals surface area contributed by atoms with Crippen LogP contribution in [0.1, 0.15) is 32.6 Å². The number of likely N-dealkylation sites (tertiary alicyclic amines) is 2. The second-order valence-electron chi connectivity index (χ2n) is 5.45. The number of rotatable bonds is 4.